The standard InChI is InChI=1S/C8H6ClF4NO2/c9-2-5-6(10)1-4(3-15)14-7(5)16-8(11,12)13/h1,15H,2-3H2. The van der Waals surface area contributed by atoms with Gasteiger partial charge in [-0.25, -0.2) is 9.37 Å². The summed E-state index contributed by atoms with van der Waals surface area (Å²) in [6.07, 6.45) is -4.99. The summed E-state index contributed by atoms with van der Waals surface area (Å²) in [5.74, 6) is -2.50. The first kappa shape index (κ1) is 13.0. The number of halogens is 5. The quantitative estimate of drug-likeness (QED) is 0.669. The fourth-order valence-electron chi connectivity index (χ4n) is 0.962. The number of rotatable bonds is 3. The number of alkyl halides is 4. The second kappa shape index (κ2) is 4.84. The van der Waals surface area contributed by atoms with E-state index in [4.69, 9.17) is 16.7 Å². The molecule has 0 saturated carbocycles. The Kier molecular flexibility index (Phi) is 3.93. The molecular weight excluding hydrogens is 254 g/mol. The minimum Gasteiger partial charge on any atom is -0.390 e. The van der Waals surface area contributed by atoms with E-state index in [9.17, 15) is 17.6 Å². The van der Waals surface area contributed by atoms with Crippen LogP contribution in [0.1, 0.15) is 11.3 Å². The van der Waals surface area contributed by atoms with E-state index in [0.29, 0.717) is 0 Å². The topological polar surface area (TPSA) is 42.4 Å². The summed E-state index contributed by atoms with van der Waals surface area (Å²) in [4.78, 5) is 3.29. The van der Waals surface area contributed by atoms with Gasteiger partial charge >= 0.3 is 6.36 Å². The minimum atomic E-state index is -4.99. The third-order valence-electron chi connectivity index (χ3n) is 1.59. The highest BCUT2D eigenvalue weighted by Gasteiger charge is 2.33. The molecule has 16 heavy (non-hydrogen) atoms. The molecule has 0 aliphatic rings. The van der Waals surface area contributed by atoms with Crippen molar-refractivity contribution in [2.24, 2.45) is 0 Å². The van der Waals surface area contributed by atoms with Crippen LogP contribution in [-0.4, -0.2) is 16.5 Å². The van der Waals surface area contributed by atoms with Crippen LogP contribution in [0.4, 0.5) is 17.6 Å². The van der Waals surface area contributed by atoms with E-state index >= 15 is 0 Å². The van der Waals surface area contributed by atoms with Crippen molar-refractivity contribution < 1.29 is 27.4 Å². The molecule has 0 radical (unpaired) electrons. The van der Waals surface area contributed by atoms with Gasteiger partial charge in [0.2, 0.25) is 5.88 Å². The first-order valence-corrected chi connectivity index (χ1v) is 4.51. The van der Waals surface area contributed by atoms with E-state index < -0.39 is 36.1 Å². The SMILES string of the molecule is OCc1cc(F)c(CCl)c(OC(F)(F)F)n1. The number of aliphatic hydroxyl groups excluding tert-OH is 1. The second-order valence-corrected chi connectivity index (χ2v) is 2.99. The fourth-order valence-corrected chi connectivity index (χ4v) is 1.20. The lowest BCUT2D eigenvalue weighted by Gasteiger charge is -2.12. The maximum absolute atomic E-state index is 13.2. The Morgan fingerprint density at radius 2 is 2.06 bits per heavy atom. The molecule has 0 aliphatic heterocycles. The highest BCUT2D eigenvalue weighted by molar-refractivity contribution is 6.17. The fraction of sp³-hybridized carbons (Fsp3) is 0.375. The van der Waals surface area contributed by atoms with E-state index in [2.05, 4.69) is 9.72 Å². The van der Waals surface area contributed by atoms with Gasteiger partial charge in [-0.1, -0.05) is 0 Å². The van der Waals surface area contributed by atoms with Gasteiger partial charge < -0.3 is 9.84 Å². The number of hydrogen-bond donors (Lipinski definition) is 1. The molecule has 3 nitrogen and oxygen atoms in total. The van der Waals surface area contributed by atoms with Crippen LogP contribution in [0.2, 0.25) is 0 Å². The smallest absolute Gasteiger partial charge is 0.390 e. The van der Waals surface area contributed by atoms with Gasteiger partial charge in [0.15, 0.2) is 0 Å². The summed E-state index contributed by atoms with van der Waals surface area (Å²) in [6, 6.07) is 0.793. The maximum Gasteiger partial charge on any atom is 0.574 e. The molecule has 1 rings (SSSR count). The van der Waals surface area contributed by atoms with Gasteiger partial charge in [0.05, 0.1) is 23.7 Å². The number of aromatic nitrogens is 1. The normalized spacial score (nSPS) is 11.6. The lowest BCUT2D eigenvalue weighted by molar-refractivity contribution is -0.276. The number of nitrogens with zero attached hydrogens (tertiary/aromatic N) is 1. The van der Waals surface area contributed by atoms with Gasteiger partial charge in [-0.2, -0.15) is 0 Å². The highest BCUT2D eigenvalue weighted by Crippen LogP contribution is 2.28. The molecule has 0 spiro atoms. The minimum absolute atomic E-state index is 0.273. The summed E-state index contributed by atoms with van der Waals surface area (Å²) in [5.41, 5.74) is -0.776. The van der Waals surface area contributed by atoms with Crippen molar-refractivity contribution in [3.05, 3.63) is 23.1 Å². The molecule has 0 amide bonds. The number of aliphatic hydroxyl groups is 1. The van der Waals surface area contributed by atoms with Gasteiger partial charge in [-0.15, -0.1) is 24.8 Å². The molecule has 0 fully saturated rings. The van der Waals surface area contributed by atoms with E-state index in [1.54, 1.807) is 0 Å². The van der Waals surface area contributed by atoms with Crippen molar-refractivity contribution in [1.29, 1.82) is 0 Å². The summed E-state index contributed by atoms with van der Waals surface area (Å²) in [6.45, 7) is -0.701. The average molecular weight is 260 g/mol. The number of ether oxygens (including phenoxy) is 1. The molecule has 1 aromatic heterocycles. The van der Waals surface area contributed by atoms with E-state index in [1.165, 1.54) is 0 Å². The lowest BCUT2D eigenvalue weighted by Crippen LogP contribution is -2.19. The molecule has 0 saturated heterocycles. The van der Waals surface area contributed by atoms with Gasteiger partial charge in [0, 0.05) is 0 Å². The van der Waals surface area contributed by atoms with Crippen molar-refractivity contribution in [3.8, 4) is 5.88 Å². The molecule has 0 bridgehead atoms. The summed E-state index contributed by atoms with van der Waals surface area (Å²) in [5, 5.41) is 8.65. The van der Waals surface area contributed by atoms with Crippen LogP contribution in [0.15, 0.2) is 6.07 Å². The first-order chi connectivity index (χ1) is 7.37. The van der Waals surface area contributed by atoms with Crippen LogP contribution in [-0.2, 0) is 12.5 Å². The van der Waals surface area contributed by atoms with Gasteiger partial charge in [0.25, 0.3) is 0 Å². The van der Waals surface area contributed by atoms with E-state index in [1.807, 2.05) is 0 Å². The second-order valence-electron chi connectivity index (χ2n) is 2.72. The zero-order chi connectivity index (χ0) is 12.3. The monoisotopic (exact) mass is 259 g/mol. The Morgan fingerprint density at radius 1 is 1.44 bits per heavy atom. The summed E-state index contributed by atoms with van der Waals surface area (Å²) >= 11 is 5.27. The molecule has 1 N–H and O–H groups in total. The van der Waals surface area contributed by atoms with Crippen LogP contribution in [0, 0.1) is 5.82 Å². The van der Waals surface area contributed by atoms with E-state index in [-0.39, 0.29) is 5.69 Å². The molecule has 0 aromatic carbocycles. The Hall–Kier alpha value is -1.08. The van der Waals surface area contributed by atoms with Gasteiger partial charge in [-0.05, 0) is 6.07 Å². The van der Waals surface area contributed by atoms with Crippen LogP contribution in [0.25, 0.3) is 0 Å². The number of hydrogen-bond acceptors (Lipinski definition) is 3. The third-order valence-corrected chi connectivity index (χ3v) is 1.86. The predicted molar refractivity (Wildman–Crippen MR) is 46.4 cm³/mol. The molecular formula is C8H6ClF4NO2. The predicted octanol–water partition coefficient (Wildman–Crippen LogP) is 2.35. The Bertz CT molecular complexity index is 383. The first-order valence-electron chi connectivity index (χ1n) is 3.98. The molecule has 8 heteroatoms. The van der Waals surface area contributed by atoms with Crippen LogP contribution < -0.4 is 4.74 Å². The average Bonchev–Trinajstić information content (AvgIpc) is 2.14. The van der Waals surface area contributed by atoms with Crippen LogP contribution >= 0.6 is 11.6 Å². The zero-order valence-corrected chi connectivity index (χ0v) is 8.44. The Morgan fingerprint density at radius 3 is 2.50 bits per heavy atom. The summed E-state index contributed by atoms with van der Waals surface area (Å²) in [7, 11) is 0. The third kappa shape index (κ3) is 3.21. The zero-order valence-electron chi connectivity index (χ0n) is 7.68. The molecule has 90 valence electrons. The maximum atomic E-state index is 13.2. The molecule has 1 heterocycles. The lowest BCUT2D eigenvalue weighted by atomic mass is 10.2. The summed E-state index contributed by atoms with van der Waals surface area (Å²) < 4.78 is 52.5. The van der Waals surface area contributed by atoms with Crippen molar-refractivity contribution in [2.75, 3.05) is 0 Å². The van der Waals surface area contributed by atoms with Gasteiger partial charge in [-0.3, -0.25) is 0 Å². The molecule has 0 aliphatic carbocycles. The van der Waals surface area contributed by atoms with E-state index in [0.717, 1.165) is 6.07 Å². The van der Waals surface area contributed by atoms with Gasteiger partial charge in [0.1, 0.15) is 5.82 Å². The number of pyridine rings is 1. The largest absolute Gasteiger partial charge is 0.574 e. The van der Waals surface area contributed by atoms with Crippen molar-refractivity contribution in [2.45, 2.75) is 18.8 Å². The molecule has 1 aromatic rings. The van der Waals surface area contributed by atoms with Crippen molar-refractivity contribution >= 4 is 11.6 Å². The molecule has 0 atom stereocenters. The van der Waals surface area contributed by atoms with Crippen LogP contribution in [0.3, 0.4) is 0 Å². The van der Waals surface area contributed by atoms with Crippen molar-refractivity contribution in [1.82, 2.24) is 4.98 Å². The van der Waals surface area contributed by atoms with Crippen LogP contribution in [0.5, 0.6) is 5.88 Å². The Labute approximate surface area is 92.6 Å². The highest BCUT2D eigenvalue weighted by atomic mass is 35.5. The Balaban J connectivity index is 3.18. The molecule has 0 unspecified atom stereocenters. The van der Waals surface area contributed by atoms with Crippen molar-refractivity contribution in [3.63, 3.8) is 0 Å².